The van der Waals surface area contributed by atoms with Gasteiger partial charge in [-0.25, -0.2) is 0 Å². The number of ether oxygens (including phenoxy) is 2. The minimum atomic E-state index is 0.415. The summed E-state index contributed by atoms with van der Waals surface area (Å²) in [6, 6.07) is 0. The second-order valence-corrected chi connectivity index (χ2v) is 2.29. The first kappa shape index (κ1) is 10.2. The van der Waals surface area contributed by atoms with Gasteiger partial charge < -0.3 is 9.47 Å². The number of halogens is 1. The molecule has 0 N–H and O–H groups in total. The van der Waals surface area contributed by atoms with Crippen LogP contribution in [0.25, 0.3) is 0 Å². The molecule has 0 saturated heterocycles. The zero-order chi connectivity index (χ0) is 7.66. The molecular formula is C7H15ClO2. The molecule has 0 aromatic rings. The van der Waals surface area contributed by atoms with Crippen molar-refractivity contribution in [3.8, 4) is 0 Å². The van der Waals surface area contributed by atoms with Crippen LogP contribution in [0.1, 0.15) is 19.8 Å². The fourth-order valence-electron chi connectivity index (χ4n) is 0.500. The van der Waals surface area contributed by atoms with Crippen LogP contribution in [-0.4, -0.2) is 25.9 Å². The smallest absolute Gasteiger partial charge is 0.146 e. The first-order valence-electron chi connectivity index (χ1n) is 3.63. The minimum Gasteiger partial charge on any atom is -0.356 e. The van der Waals surface area contributed by atoms with Gasteiger partial charge in [0.05, 0.1) is 0 Å². The van der Waals surface area contributed by atoms with Gasteiger partial charge in [-0.05, 0) is 19.8 Å². The molecule has 0 aliphatic heterocycles. The Balaban J connectivity index is 2.65. The third kappa shape index (κ3) is 8.21. The molecule has 0 fully saturated rings. The molecule has 10 heavy (non-hydrogen) atoms. The maximum absolute atomic E-state index is 5.45. The van der Waals surface area contributed by atoms with Crippen molar-refractivity contribution in [3.63, 3.8) is 0 Å². The van der Waals surface area contributed by atoms with Gasteiger partial charge in [0.2, 0.25) is 0 Å². The van der Waals surface area contributed by atoms with Crippen molar-refractivity contribution < 1.29 is 9.47 Å². The van der Waals surface area contributed by atoms with Crippen LogP contribution in [0.4, 0.5) is 0 Å². The summed E-state index contributed by atoms with van der Waals surface area (Å²) < 4.78 is 10.1. The fourth-order valence-corrected chi connectivity index (χ4v) is 0.689. The molecule has 0 heterocycles. The first-order valence-corrected chi connectivity index (χ1v) is 4.16. The number of rotatable bonds is 7. The van der Waals surface area contributed by atoms with E-state index in [2.05, 4.69) is 0 Å². The van der Waals surface area contributed by atoms with Gasteiger partial charge in [0.1, 0.15) is 6.79 Å². The third-order valence-electron chi connectivity index (χ3n) is 1.04. The normalized spacial score (nSPS) is 10.2. The largest absolute Gasteiger partial charge is 0.356 e. The van der Waals surface area contributed by atoms with Crippen LogP contribution in [0.2, 0.25) is 0 Å². The molecule has 2 nitrogen and oxygen atoms in total. The van der Waals surface area contributed by atoms with Crippen molar-refractivity contribution in [2.45, 2.75) is 19.8 Å². The van der Waals surface area contributed by atoms with Crippen LogP contribution in [-0.2, 0) is 9.47 Å². The van der Waals surface area contributed by atoms with E-state index in [1.165, 1.54) is 0 Å². The topological polar surface area (TPSA) is 18.5 Å². The number of hydrogen-bond acceptors (Lipinski definition) is 2. The molecule has 0 aromatic heterocycles. The van der Waals surface area contributed by atoms with Gasteiger partial charge in [0.15, 0.2) is 0 Å². The third-order valence-corrected chi connectivity index (χ3v) is 1.31. The van der Waals surface area contributed by atoms with Crippen LogP contribution in [0.3, 0.4) is 0 Å². The highest BCUT2D eigenvalue weighted by atomic mass is 35.5. The summed E-state index contributed by atoms with van der Waals surface area (Å²) in [5.74, 6) is 0.720. The van der Waals surface area contributed by atoms with E-state index in [1.54, 1.807) is 0 Å². The quantitative estimate of drug-likeness (QED) is 0.327. The lowest BCUT2D eigenvalue weighted by atomic mass is 10.4. The number of unbranched alkanes of at least 4 members (excludes halogenated alkanes) is 1. The molecule has 0 aliphatic carbocycles. The lowest BCUT2D eigenvalue weighted by Gasteiger charge is -2.01. The average molecular weight is 167 g/mol. The van der Waals surface area contributed by atoms with Gasteiger partial charge in [0.25, 0.3) is 0 Å². The maximum Gasteiger partial charge on any atom is 0.146 e. The molecule has 0 saturated carbocycles. The molecule has 0 amide bonds. The summed E-state index contributed by atoms with van der Waals surface area (Å²) in [7, 11) is 0. The second-order valence-electron chi connectivity index (χ2n) is 1.91. The van der Waals surface area contributed by atoms with Crippen LogP contribution < -0.4 is 0 Å². The predicted octanol–water partition coefficient (Wildman–Crippen LogP) is 2.02. The van der Waals surface area contributed by atoms with E-state index in [1.807, 2.05) is 6.92 Å². The molecule has 62 valence electrons. The first-order chi connectivity index (χ1) is 4.91. The van der Waals surface area contributed by atoms with E-state index in [4.69, 9.17) is 21.1 Å². The van der Waals surface area contributed by atoms with Crippen LogP contribution in [0, 0.1) is 0 Å². The van der Waals surface area contributed by atoms with Gasteiger partial charge in [-0.15, -0.1) is 11.6 Å². The summed E-state index contributed by atoms with van der Waals surface area (Å²) >= 11 is 5.45. The monoisotopic (exact) mass is 166 g/mol. The highest BCUT2D eigenvalue weighted by Gasteiger charge is 1.86. The Morgan fingerprint density at radius 3 is 2.60 bits per heavy atom. The van der Waals surface area contributed by atoms with Crippen LogP contribution in [0.5, 0.6) is 0 Å². The van der Waals surface area contributed by atoms with Crippen molar-refractivity contribution >= 4 is 11.6 Å². The van der Waals surface area contributed by atoms with Crippen molar-refractivity contribution in [1.29, 1.82) is 0 Å². The maximum atomic E-state index is 5.45. The fraction of sp³-hybridized carbons (Fsp3) is 1.00. The van der Waals surface area contributed by atoms with E-state index in [0.717, 1.165) is 31.9 Å². The van der Waals surface area contributed by atoms with E-state index < -0.39 is 0 Å². The van der Waals surface area contributed by atoms with Gasteiger partial charge in [0, 0.05) is 19.1 Å². The van der Waals surface area contributed by atoms with Gasteiger partial charge in [-0.1, -0.05) is 0 Å². The lowest BCUT2D eigenvalue weighted by molar-refractivity contribution is -0.0498. The predicted molar refractivity (Wildman–Crippen MR) is 42.4 cm³/mol. The SMILES string of the molecule is CCOCOCCCCCl. The standard InChI is InChI=1S/C7H15ClO2/c1-2-9-7-10-6-4-3-5-8/h2-7H2,1H3. The Morgan fingerprint density at radius 1 is 1.20 bits per heavy atom. The van der Waals surface area contributed by atoms with E-state index in [0.29, 0.717) is 6.79 Å². The van der Waals surface area contributed by atoms with Crippen molar-refractivity contribution in [2.75, 3.05) is 25.9 Å². The van der Waals surface area contributed by atoms with Gasteiger partial charge in [-0.3, -0.25) is 0 Å². The molecule has 0 aromatic carbocycles. The molecule has 0 aliphatic rings. The van der Waals surface area contributed by atoms with E-state index in [-0.39, 0.29) is 0 Å². The van der Waals surface area contributed by atoms with Crippen molar-refractivity contribution in [3.05, 3.63) is 0 Å². The molecular weight excluding hydrogens is 152 g/mol. The molecule has 0 unspecified atom stereocenters. The molecule has 0 rings (SSSR count). The molecule has 0 atom stereocenters. The van der Waals surface area contributed by atoms with Crippen LogP contribution >= 0.6 is 11.6 Å². The molecule has 0 bridgehead atoms. The summed E-state index contributed by atoms with van der Waals surface area (Å²) in [5, 5.41) is 0. The summed E-state index contributed by atoms with van der Waals surface area (Å²) in [6.07, 6.45) is 2.05. The average Bonchev–Trinajstić information content (AvgIpc) is 1.97. The second kappa shape index (κ2) is 9.21. The Hall–Kier alpha value is 0.210. The minimum absolute atomic E-state index is 0.415. The Bertz CT molecular complexity index is 51.6. The van der Waals surface area contributed by atoms with E-state index in [9.17, 15) is 0 Å². The highest BCUT2D eigenvalue weighted by Crippen LogP contribution is 1.92. The molecule has 3 heteroatoms. The van der Waals surface area contributed by atoms with Crippen LogP contribution in [0.15, 0.2) is 0 Å². The van der Waals surface area contributed by atoms with Crippen molar-refractivity contribution in [1.82, 2.24) is 0 Å². The van der Waals surface area contributed by atoms with Crippen molar-refractivity contribution in [2.24, 2.45) is 0 Å². The summed E-state index contributed by atoms with van der Waals surface area (Å²) in [5.41, 5.74) is 0. The lowest BCUT2D eigenvalue weighted by Crippen LogP contribution is -2.00. The Morgan fingerprint density at radius 2 is 2.00 bits per heavy atom. The van der Waals surface area contributed by atoms with Gasteiger partial charge in [-0.2, -0.15) is 0 Å². The summed E-state index contributed by atoms with van der Waals surface area (Å²) in [4.78, 5) is 0. The van der Waals surface area contributed by atoms with E-state index >= 15 is 0 Å². The Labute approximate surface area is 67.5 Å². The zero-order valence-corrected chi connectivity index (χ0v) is 7.19. The molecule has 0 radical (unpaired) electrons. The number of hydrogen-bond donors (Lipinski definition) is 0. The zero-order valence-electron chi connectivity index (χ0n) is 6.44. The number of alkyl halides is 1. The molecule has 0 spiro atoms. The summed E-state index contributed by atoms with van der Waals surface area (Å²) in [6.45, 7) is 3.84. The highest BCUT2D eigenvalue weighted by molar-refractivity contribution is 6.17. The Kier molecular flexibility index (Phi) is 9.40. The van der Waals surface area contributed by atoms with Gasteiger partial charge >= 0.3 is 0 Å².